The standard InChI is InChI=1S/C10H22N4O/c1-8(7-15-3)12-10(13-11)14-6-4-5-9(14)2/h8-9H,4-7,11H2,1-3H3,(H,12,13). The lowest BCUT2D eigenvalue weighted by molar-refractivity contribution is 0.185. The van der Waals surface area contributed by atoms with Gasteiger partial charge >= 0.3 is 0 Å². The summed E-state index contributed by atoms with van der Waals surface area (Å²) in [6, 6.07) is 0.656. The lowest BCUT2D eigenvalue weighted by Gasteiger charge is -2.25. The molecule has 1 rings (SSSR count). The third-order valence-corrected chi connectivity index (χ3v) is 2.70. The third kappa shape index (κ3) is 3.35. The Morgan fingerprint density at radius 3 is 2.93 bits per heavy atom. The predicted molar refractivity (Wildman–Crippen MR) is 61.5 cm³/mol. The molecular formula is C10H22N4O. The SMILES string of the molecule is COCC(C)N=C(NN)N1CCCC1C. The van der Waals surface area contributed by atoms with Gasteiger partial charge in [-0.1, -0.05) is 0 Å². The van der Waals surface area contributed by atoms with E-state index in [-0.39, 0.29) is 6.04 Å². The Morgan fingerprint density at radius 1 is 1.73 bits per heavy atom. The zero-order valence-electron chi connectivity index (χ0n) is 9.86. The molecule has 1 aliphatic rings. The van der Waals surface area contributed by atoms with Crippen LogP contribution in [-0.2, 0) is 4.74 Å². The number of aliphatic imine (C=N–C) groups is 1. The minimum absolute atomic E-state index is 0.133. The molecule has 0 bridgehead atoms. The third-order valence-electron chi connectivity index (χ3n) is 2.70. The highest BCUT2D eigenvalue weighted by molar-refractivity contribution is 5.80. The van der Waals surface area contributed by atoms with Gasteiger partial charge in [0.25, 0.3) is 0 Å². The van der Waals surface area contributed by atoms with Gasteiger partial charge in [-0.05, 0) is 26.7 Å². The highest BCUT2D eigenvalue weighted by atomic mass is 16.5. The monoisotopic (exact) mass is 214 g/mol. The zero-order chi connectivity index (χ0) is 11.3. The Labute approximate surface area is 91.6 Å². The van der Waals surface area contributed by atoms with Crippen molar-refractivity contribution in [1.82, 2.24) is 10.3 Å². The van der Waals surface area contributed by atoms with E-state index in [4.69, 9.17) is 10.6 Å². The maximum absolute atomic E-state index is 5.50. The number of nitrogens with two attached hydrogens (primary N) is 1. The van der Waals surface area contributed by atoms with Crippen LogP contribution < -0.4 is 11.3 Å². The molecule has 0 saturated carbocycles. The summed E-state index contributed by atoms with van der Waals surface area (Å²) < 4.78 is 5.04. The van der Waals surface area contributed by atoms with Gasteiger partial charge < -0.3 is 9.64 Å². The normalized spacial score (nSPS) is 24.4. The van der Waals surface area contributed by atoms with E-state index < -0.39 is 0 Å². The molecule has 88 valence electrons. The van der Waals surface area contributed by atoms with Crippen molar-refractivity contribution in [1.29, 1.82) is 0 Å². The van der Waals surface area contributed by atoms with Gasteiger partial charge in [-0.2, -0.15) is 0 Å². The van der Waals surface area contributed by atoms with Gasteiger partial charge in [0.2, 0.25) is 5.96 Å². The van der Waals surface area contributed by atoms with Gasteiger partial charge in [0.15, 0.2) is 0 Å². The molecule has 0 aromatic heterocycles. The van der Waals surface area contributed by atoms with Crippen molar-refractivity contribution in [3.05, 3.63) is 0 Å². The zero-order valence-corrected chi connectivity index (χ0v) is 9.86. The van der Waals surface area contributed by atoms with E-state index in [0.29, 0.717) is 12.6 Å². The minimum atomic E-state index is 0.133. The molecule has 1 aliphatic heterocycles. The lowest BCUT2D eigenvalue weighted by Crippen LogP contribution is -2.47. The van der Waals surface area contributed by atoms with Crippen LogP contribution in [0.3, 0.4) is 0 Å². The second-order valence-electron chi connectivity index (χ2n) is 4.09. The van der Waals surface area contributed by atoms with E-state index in [1.54, 1.807) is 7.11 Å². The molecule has 1 fully saturated rings. The molecule has 0 aromatic carbocycles. The van der Waals surface area contributed by atoms with Crippen LogP contribution in [0.1, 0.15) is 26.7 Å². The second-order valence-corrected chi connectivity index (χ2v) is 4.09. The Bertz CT molecular complexity index is 219. The summed E-state index contributed by atoms with van der Waals surface area (Å²) in [4.78, 5) is 6.71. The maximum Gasteiger partial charge on any atom is 0.208 e. The summed E-state index contributed by atoms with van der Waals surface area (Å²) >= 11 is 0. The Hall–Kier alpha value is -0.810. The molecule has 0 radical (unpaired) electrons. The van der Waals surface area contributed by atoms with Crippen LogP contribution in [-0.4, -0.2) is 43.2 Å². The van der Waals surface area contributed by atoms with Crippen LogP contribution in [0.4, 0.5) is 0 Å². The molecule has 1 saturated heterocycles. The van der Waals surface area contributed by atoms with Crippen molar-refractivity contribution in [2.24, 2.45) is 10.8 Å². The average molecular weight is 214 g/mol. The van der Waals surface area contributed by atoms with E-state index in [0.717, 1.165) is 12.5 Å². The molecule has 0 amide bonds. The fourth-order valence-corrected chi connectivity index (χ4v) is 1.93. The van der Waals surface area contributed by atoms with Crippen molar-refractivity contribution >= 4 is 5.96 Å². The van der Waals surface area contributed by atoms with Crippen LogP contribution in [0.5, 0.6) is 0 Å². The Morgan fingerprint density at radius 2 is 2.47 bits per heavy atom. The molecule has 2 unspecified atom stereocenters. The molecule has 0 aromatic rings. The van der Waals surface area contributed by atoms with Gasteiger partial charge in [-0.15, -0.1) is 0 Å². The number of likely N-dealkylation sites (tertiary alicyclic amines) is 1. The van der Waals surface area contributed by atoms with Crippen molar-refractivity contribution in [3.8, 4) is 0 Å². The Balaban J connectivity index is 2.60. The van der Waals surface area contributed by atoms with Crippen molar-refractivity contribution in [2.45, 2.75) is 38.8 Å². The number of hydrazine groups is 1. The highest BCUT2D eigenvalue weighted by Gasteiger charge is 2.23. The fraction of sp³-hybridized carbons (Fsp3) is 0.900. The summed E-state index contributed by atoms with van der Waals surface area (Å²) in [7, 11) is 1.68. The van der Waals surface area contributed by atoms with E-state index in [1.807, 2.05) is 6.92 Å². The van der Waals surface area contributed by atoms with E-state index in [1.165, 1.54) is 12.8 Å². The summed E-state index contributed by atoms with van der Waals surface area (Å²) in [5.41, 5.74) is 2.68. The fourth-order valence-electron chi connectivity index (χ4n) is 1.93. The first-order valence-electron chi connectivity index (χ1n) is 5.49. The summed E-state index contributed by atoms with van der Waals surface area (Å²) in [6.45, 7) is 5.86. The molecule has 5 heteroatoms. The predicted octanol–water partition coefficient (Wildman–Crippen LogP) is 0.325. The molecule has 0 spiro atoms. The van der Waals surface area contributed by atoms with Gasteiger partial charge in [0.05, 0.1) is 12.6 Å². The lowest BCUT2D eigenvalue weighted by atomic mass is 10.2. The van der Waals surface area contributed by atoms with Crippen LogP contribution in [0.2, 0.25) is 0 Å². The summed E-state index contributed by atoms with van der Waals surface area (Å²) in [5, 5.41) is 0. The minimum Gasteiger partial charge on any atom is -0.382 e. The van der Waals surface area contributed by atoms with Crippen molar-refractivity contribution < 1.29 is 4.74 Å². The number of hydrogen-bond donors (Lipinski definition) is 2. The smallest absolute Gasteiger partial charge is 0.208 e. The summed E-state index contributed by atoms with van der Waals surface area (Å²) in [6.07, 6.45) is 2.42. The van der Waals surface area contributed by atoms with Crippen molar-refractivity contribution in [3.63, 3.8) is 0 Å². The van der Waals surface area contributed by atoms with Crippen LogP contribution in [0.25, 0.3) is 0 Å². The quantitative estimate of drug-likeness (QED) is 0.307. The van der Waals surface area contributed by atoms with Crippen molar-refractivity contribution in [2.75, 3.05) is 20.3 Å². The number of methoxy groups -OCH3 is 1. The number of nitrogens with one attached hydrogen (secondary N) is 1. The molecule has 0 aliphatic carbocycles. The number of guanidine groups is 1. The number of hydrogen-bond acceptors (Lipinski definition) is 3. The second kappa shape index (κ2) is 5.92. The molecular weight excluding hydrogens is 192 g/mol. The maximum atomic E-state index is 5.50. The molecule has 3 N–H and O–H groups in total. The van der Waals surface area contributed by atoms with E-state index >= 15 is 0 Å². The largest absolute Gasteiger partial charge is 0.382 e. The Kier molecular flexibility index (Phi) is 4.84. The first-order chi connectivity index (χ1) is 7.19. The summed E-state index contributed by atoms with van der Waals surface area (Å²) in [5.74, 6) is 6.28. The van der Waals surface area contributed by atoms with Crippen LogP contribution in [0.15, 0.2) is 4.99 Å². The van der Waals surface area contributed by atoms with E-state index in [2.05, 4.69) is 22.2 Å². The number of rotatable bonds is 3. The van der Waals surface area contributed by atoms with Gasteiger partial charge in [-0.3, -0.25) is 5.43 Å². The first kappa shape index (κ1) is 12.3. The van der Waals surface area contributed by atoms with Gasteiger partial charge in [0, 0.05) is 19.7 Å². The van der Waals surface area contributed by atoms with Crippen LogP contribution >= 0.6 is 0 Å². The molecule has 5 nitrogen and oxygen atoms in total. The highest BCUT2D eigenvalue weighted by Crippen LogP contribution is 2.16. The average Bonchev–Trinajstić information content (AvgIpc) is 2.61. The number of ether oxygens (including phenoxy) is 1. The van der Waals surface area contributed by atoms with Gasteiger partial charge in [-0.25, -0.2) is 10.8 Å². The molecule has 1 heterocycles. The van der Waals surface area contributed by atoms with Gasteiger partial charge in [0.1, 0.15) is 0 Å². The van der Waals surface area contributed by atoms with E-state index in [9.17, 15) is 0 Å². The first-order valence-corrected chi connectivity index (χ1v) is 5.49. The number of nitrogens with zero attached hydrogens (tertiary/aromatic N) is 2. The van der Waals surface area contributed by atoms with Crippen LogP contribution in [0, 0.1) is 0 Å². The molecule has 15 heavy (non-hydrogen) atoms. The topological polar surface area (TPSA) is 62.9 Å². The molecule has 2 atom stereocenters.